The molecule has 3 nitrogen and oxygen atoms in total. The number of alkyl halides is 1. The molecule has 0 aliphatic carbocycles. The summed E-state index contributed by atoms with van der Waals surface area (Å²) in [5.74, 6) is -0.309. The number of hydrogen-bond acceptors (Lipinski definition) is 3. The fourth-order valence-electron chi connectivity index (χ4n) is 0.0958. The van der Waals surface area contributed by atoms with Gasteiger partial charge in [-0.1, -0.05) is 0 Å². The van der Waals surface area contributed by atoms with Crippen LogP contribution in [0.4, 0.5) is 0 Å². The molecule has 1 atom stereocenters. The highest BCUT2D eigenvalue weighted by Crippen LogP contribution is 1.89. The Morgan fingerprint density at radius 3 is 2.09 bits per heavy atom. The van der Waals surface area contributed by atoms with Gasteiger partial charge in [0, 0.05) is 13.7 Å². The largest absolute Gasteiger partial charge is 0.385 e. The molecular weight excluding hydrogens is 168 g/mol. The van der Waals surface area contributed by atoms with Crippen LogP contribution in [0.2, 0.25) is 0 Å². The Labute approximate surface area is 71.7 Å². The van der Waals surface area contributed by atoms with E-state index in [1.807, 2.05) is 6.92 Å². The minimum absolute atomic E-state index is 0.309. The van der Waals surface area contributed by atoms with Crippen LogP contribution in [0.3, 0.4) is 0 Å². The van der Waals surface area contributed by atoms with Crippen LogP contribution in [0, 0.1) is 0 Å². The van der Waals surface area contributed by atoms with Crippen molar-refractivity contribution in [2.45, 2.75) is 19.2 Å². The van der Waals surface area contributed by atoms with Crippen molar-refractivity contribution in [1.82, 2.24) is 0 Å². The van der Waals surface area contributed by atoms with Crippen LogP contribution in [-0.4, -0.2) is 31.2 Å². The second-order valence-electron chi connectivity index (χ2n) is 1.73. The molecule has 0 N–H and O–H groups in total. The van der Waals surface area contributed by atoms with Crippen molar-refractivity contribution in [3.05, 3.63) is 0 Å². The lowest BCUT2D eigenvalue weighted by molar-refractivity contribution is -0.120. The molecule has 0 fully saturated rings. The highest BCUT2D eigenvalue weighted by atomic mass is 35.5. The van der Waals surface area contributed by atoms with E-state index in [1.54, 1.807) is 7.11 Å². The topological polar surface area (TPSA) is 43.4 Å². The molecule has 0 spiro atoms. The third-order valence-corrected chi connectivity index (χ3v) is 1.21. The number of carbonyl (C=O) groups is 2. The standard InChI is InChI=1S/C4H5ClO2.C3H8O/c1-3(7)4(5)2-6;1-3-4-2/h2,4H,1H3;3H2,1-2H3. The molecule has 0 saturated heterocycles. The van der Waals surface area contributed by atoms with E-state index in [0.717, 1.165) is 6.61 Å². The predicted octanol–water partition coefficient (Wildman–Crippen LogP) is 1.03. The van der Waals surface area contributed by atoms with Gasteiger partial charge < -0.3 is 9.53 Å². The Balaban J connectivity index is 0. The molecule has 66 valence electrons. The van der Waals surface area contributed by atoms with E-state index in [2.05, 4.69) is 4.74 Å². The highest BCUT2D eigenvalue weighted by Gasteiger charge is 2.05. The molecule has 0 aliphatic rings. The normalized spacial score (nSPS) is 10.9. The SMILES string of the molecule is CC(=O)C(Cl)C=O.CCOC. The maximum Gasteiger partial charge on any atom is 0.154 e. The Morgan fingerprint density at radius 2 is 2.09 bits per heavy atom. The fourth-order valence-corrected chi connectivity index (χ4v) is 0.0958. The summed E-state index contributed by atoms with van der Waals surface area (Å²) in [6, 6.07) is 0. The number of ketones is 1. The van der Waals surface area contributed by atoms with Crippen LogP contribution >= 0.6 is 11.6 Å². The number of carbonyl (C=O) groups excluding carboxylic acids is 2. The molecule has 0 bridgehead atoms. The Morgan fingerprint density at radius 1 is 1.73 bits per heavy atom. The molecule has 0 radical (unpaired) electrons. The van der Waals surface area contributed by atoms with Gasteiger partial charge in [-0.05, 0) is 13.8 Å². The summed E-state index contributed by atoms with van der Waals surface area (Å²) in [7, 11) is 1.68. The van der Waals surface area contributed by atoms with Crippen LogP contribution in [0.1, 0.15) is 13.8 Å². The van der Waals surface area contributed by atoms with Gasteiger partial charge in [-0.15, -0.1) is 11.6 Å². The van der Waals surface area contributed by atoms with Gasteiger partial charge in [0.05, 0.1) is 0 Å². The van der Waals surface area contributed by atoms with E-state index < -0.39 is 5.38 Å². The maximum atomic E-state index is 10.0. The van der Waals surface area contributed by atoms with Crippen molar-refractivity contribution >= 4 is 23.7 Å². The van der Waals surface area contributed by atoms with Crippen LogP contribution in [0.25, 0.3) is 0 Å². The van der Waals surface area contributed by atoms with E-state index in [-0.39, 0.29) is 5.78 Å². The fraction of sp³-hybridized carbons (Fsp3) is 0.714. The van der Waals surface area contributed by atoms with E-state index in [9.17, 15) is 9.59 Å². The van der Waals surface area contributed by atoms with Gasteiger partial charge in [0.15, 0.2) is 5.78 Å². The second kappa shape index (κ2) is 9.59. The summed E-state index contributed by atoms with van der Waals surface area (Å²) < 4.78 is 4.54. The summed E-state index contributed by atoms with van der Waals surface area (Å²) >= 11 is 5.08. The van der Waals surface area contributed by atoms with Crippen molar-refractivity contribution < 1.29 is 14.3 Å². The van der Waals surface area contributed by atoms with Crippen LogP contribution in [-0.2, 0) is 14.3 Å². The zero-order valence-corrected chi connectivity index (χ0v) is 7.72. The molecule has 0 aromatic heterocycles. The first kappa shape index (κ1) is 13.2. The molecule has 0 amide bonds. The third-order valence-electron chi connectivity index (χ3n) is 0.797. The first-order valence-electron chi connectivity index (χ1n) is 3.18. The second-order valence-corrected chi connectivity index (χ2v) is 2.20. The molecule has 0 rings (SSSR count). The van der Waals surface area contributed by atoms with Crippen molar-refractivity contribution in [2.24, 2.45) is 0 Å². The van der Waals surface area contributed by atoms with Crippen molar-refractivity contribution in [2.75, 3.05) is 13.7 Å². The van der Waals surface area contributed by atoms with E-state index >= 15 is 0 Å². The van der Waals surface area contributed by atoms with Crippen LogP contribution < -0.4 is 0 Å². The molecule has 0 aromatic carbocycles. The van der Waals surface area contributed by atoms with Gasteiger partial charge in [0.25, 0.3) is 0 Å². The number of methoxy groups -OCH3 is 1. The van der Waals surface area contributed by atoms with Gasteiger partial charge in [-0.3, -0.25) is 4.79 Å². The Kier molecular flexibility index (Phi) is 11.5. The minimum atomic E-state index is -0.944. The number of aldehydes is 1. The zero-order valence-electron chi connectivity index (χ0n) is 6.96. The number of Topliss-reactive ketones (excluding diaryl/α,β-unsaturated/α-hetero) is 1. The van der Waals surface area contributed by atoms with Crippen molar-refractivity contribution in [3.8, 4) is 0 Å². The molecular formula is C7H13ClO3. The predicted molar refractivity (Wildman–Crippen MR) is 43.9 cm³/mol. The summed E-state index contributed by atoms with van der Waals surface area (Å²) in [5, 5.41) is -0.944. The van der Waals surface area contributed by atoms with E-state index in [1.165, 1.54) is 6.92 Å². The zero-order chi connectivity index (χ0) is 9.28. The number of halogens is 1. The van der Waals surface area contributed by atoms with Gasteiger partial charge in [0.2, 0.25) is 0 Å². The number of ether oxygens (including phenoxy) is 1. The molecule has 0 saturated carbocycles. The molecule has 0 aliphatic heterocycles. The summed E-state index contributed by atoms with van der Waals surface area (Å²) in [6.45, 7) is 4.05. The molecule has 0 aromatic rings. The minimum Gasteiger partial charge on any atom is -0.385 e. The summed E-state index contributed by atoms with van der Waals surface area (Å²) in [6.07, 6.45) is 0.407. The molecule has 4 heteroatoms. The monoisotopic (exact) mass is 180 g/mol. The van der Waals surface area contributed by atoms with Crippen LogP contribution in [0.5, 0.6) is 0 Å². The van der Waals surface area contributed by atoms with Crippen molar-refractivity contribution in [3.63, 3.8) is 0 Å². The van der Waals surface area contributed by atoms with Crippen LogP contribution in [0.15, 0.2) is 0 Å². The lowest BCUT2D eigenvalue weighted by Gasteiger charge is -1.87. The average molecular weight is 181 g/mol. The van der Waals surface area contributed by atoms with E-state index in [4.69, 9.17) is 11.6 Å². The van der Waals surface area contributed by atoms with Gasteiger partial charge in [-0.2, -0.15) is 0 Å². The summed E-state index contributed by atoms with van der Waals surface area (Å²) in [5.41, 5.74) is 0. The van der Waals surface area contributed by atoms with Gasteiger partial charge >= 0.3 is 0 Å². The average Bonchev–Trinajstić information content (AvgIpc) is 2.03. The molecule has 1 unspecified atom stereocenters. The van der Waals surface area contributed by atoms with Crippen molar-refractivity contribution in [1.29, 1.82) is 0 Å². The quantitative estimate of drug-likeness (QED) is 0.370. The lowest BCUT2D eigenvalue weighted by atomic mass is 10.3. The number of rotatable bonds is 3. The smallest absolute Gasteiger partial charge is 0.154 e. The first-order valence-corrected chi connectivity index (χ1v) is 3.62. The Bertz CT molecular complexity index is 112. The lowest BCUT2D eigenvalue weighted by Crippen LogP contribution is -2.10. The number of hydrogen-bond donors (Lipinski definition) is 0. The molecule has 0 heterocycles. The van der Waals surface area contributed by atoms with E-state index in [0.29, 0.717) is 6.29 Å². The van der Waals surface area contributed by atoms with Gasteiger partial charge in [-0.25, -0.2) is 0 Å². The van der Waals surface area contributed by atoms with Gasteiger partial charge in [0.1, 0.15) is 11.7 Å². The highest BCUT2D eigenvalue weighted by molar-refractivity contribution is 6.38. The molecule has 11 heavy (non-hydrogen) atoms. The third kappa shape index (κ3) is 12.7. The maximum absolute atomic E-state index is 10.0. The summed E-state index contributed by atoms with van der Waals surface area (Å²) in [4.78, 5) is 19.6. The Hall–Kier alpha value is -0.410. The first-order chi connectivity index (χ1) is 5.09.